The zero-order chi connectivity index (χ0) is 30.7. The summed E-state index contributed by atoms with van der Waals surface area (Å²) in [5.41, 5.74) is 2.70. The Morgan fingerprint density at radius 2 is 1.95 bits per heavy atom. The fourth-order valence-corrected chi connectivity index (χ4v) is 5.10. The van der Waals surface area contributed by atoms with Crippen molar-refractivity contribution in [3.05, 3.63) is 78.0 Å². The fraction of sp³-hybridized carbons (Fsp3) is 0.214. The van der Waals surface area contributed by atoms with Crippen LogP contribution in [0.3, 0.4) is 0 Å². The van der Waals surface area contributed by atoms with Gasteiger partial charge in [0.15, 0.2) is 16.8 Å². The van der Waals surface area contributed by atoms with Crippen molar-refractivity contribution in [3.63, 3.8) is 0 Å². The van der Waals surface area contributed by atoms with Crippen LogP contribution in [0.5, 0.6) is 5.75 Å². The number of aliphatic imine (C=N–C) groups is 1. The third kappa shape index (κ3) is 6.99. The topological polar surface area (TPSA) is 115 Å². The van der Waals surface area contributed by atoms with Crippen LogP contribution in [0.15, 0.2) is 66.0 Å². The van der Waals surface area contributed by atoms with Gasteiger partial charge in [-0.05, 0) is 60.9 Å². The number of carbonyl (C=O) groups is 2. The van der Waals surface area contributed by atoms with Gasteiger partial charge >= 0.3 is 12.4 Å². The maximum absolute atomic E-state index is 15.0. The number of nitrogens with one attached hydrogen (secondary N) is 1. The molecule has 0 radical (unpaired) electrons. The molecule has 0 spiro atoms. The number of anilines is 2. The lowest BCUT2D eigenvalue weighted by Crippen LogP contribution is -2.31. The number of hydrogen-bond acceptors (Lipinski definition) is 7. The minimum absolute atomic E-state index is 0.104. The number of rotatable bonds is 7. The van der Waals surface area contributed by atoms with E-state index in [0.717, 1.165) is 54.1 Å². The van der Waals surface area contributed by atoms with Crippen LogP contribution in [-0.4, -0.2) is 49.0 Å². The average Bonchev–Trinajstić information content (AvgIpc) is 3.58. The second-order valence-electron chi connectivity index (χ2n) is 9.33. The van der Waals surface area contributed by atoms with Crippen LogP contribution in [-0.2, 0) is 11.2 Å². The lowest BCUT2D eigenvalue weighted by atomic mass is 10.0. The number of aromatic nitrogens is 4. The van der Waals surface area contributed by atoms with Crippen molar-refractivity contribution in [1.29, 1.82) is 0 Å². The molecule has 0 atom stereocenters. The minimum Gasteiger partial charge on any atom is -0.404 e. The second-order valence-corrected chi connectivity index (χ2v) is 10.3. The maximum atomic E-state index is 15.0. The number of urea groups is 1. The Hall–Kier alpha value is -4.79. The summed E-state index contributed by atoms with van der Waals surface area (Å²) in [4.78, 5) is 39.0. The van der Waals surface area contributed by atoms with Gasteiger partial charge in [-0.1, -0.05) is 37.2 Å². The van der Waals surface area contributed by atoms with Gasteiger partial charge in [-0.3, -0.25) is 9.69 Å². The van der Waals surface area contributed by atoms with E-state index in [1.54, 1.807) is 0 Å². The van der Waals surface area contributed by atoms with Gasteiger partial charge < -0.3 is 10.1 Å². The molecule has 4 aromatic rings. The second kappa shape index (κ2) is 12.2. The number of amides is 3. The molecule has 43 heavy (non-hydrogen) atoms. The molecule has 5 rings (SSSR count). The van der Waals surface area contributed by atoms with Gasteiger partial charge in [0.05, 0.1) is 23.3 Å². The summed E-state index contributed by atoms with van der Waals surface area (Å²) >= 11 is 1.12. The van der Waals surface area contributed by atoms with Gasteiger partial charge in [-0.15, -0.1) is 18.3 Å². The Morgan fingerprint density at radius 1 is 1.14 bits per heavy atom. The molecular formula is C28H23F4N7O3S. The number of alkyl halides is 3. The third-order valence-electron chi connectivity index (χ3n) is 6.11. The molecule has 15 heteroatoms. The van der Waals surface area contributed by atoms with Crippen LogP contribution in [0.25, 0.3) is 17.2 Å². The van der Waals surface area contributed by atoms with E-state index in [0.29, 0.717) is 5.69 Å². The monoisotopic (exact) mass is 613 g/mol. The Morgan fingerprint density at radius 3 is 2.65 bits per heavy atom. The summed E-state index contributed by atoms with van der Waals surface area (Å²) in [5, 5.41) is 6.79. The predicted octanol–water partition coefficient (Wildman–Crippen LogP) is 6.30. The van der Waals surface area contributed by atoms with E-state index in [-0.39, 0.29) is 39.7 Å². The molecule has 10 nitrogen and oxygen atoms in total. The molecule has 1 N–H and O–H groups in total. The summed E-state index contributed by atoms with van der Waals surface area (Å²) < 4.78 is 57.1. The van der Waals surface area contributed by atoms with Crippen LogP contribution in [0.4, 0.5) is 33.7 Å². The van der Waals surface area contributed by atoms with E-state index in [2.05, 4.69) is 30.1 Å². The highest BCUT2D eigenvalue weighted by Gasteiger charge is 2.32. The number of thioether (sulfide) groups is 1. The lowest BCUT2D eigenvalue weighted by molar-refractivity contribution is -0.274. The quantitative estimate of drug-likeness (QED) is 0.244. The zero-order valence-corrected chi connectivity index (χ0v) is 23.5. The summed E-state index contributed by atoms with van der Waals surface area (Å²) in [6.07, 6.45) is -1.09. The Labute approximate surface area is 246 Å². The molecule has 0 saturated carbocycles. The summed E-state index contributed by atoms with van der Waals surface area (Å²) in [6.45, 7) is 3.94. The molecule has 0 aliphatic carbocycles. The van der Waals surface area contributed by atoms with Gasteiger partial charge in [0, 0.05) is 5.56 Å². The minimum atomic E-state index is -4.85. The van der Waals surface area contributed by atoms with Crippen LogP contribution in [0.2, 0.25) is 0 Å². The van der Waals surface area contributed by atoms with Gasteiger partial charge in [0.2, 0.25) is 5.91 Å². The maximum Gasteiger partial charge on any atom is 0.573 e. The van der Waals surface area contributed by atoms with E-state index < -0.39 is 24.0 Å². The van der Waals surface area contributed by atoms with Crippen molar-refractivity contribution < 1.29 is 31.9 Å². The number of hydrogen-bond donors (Lipinski definition) is 1. The number of benzene rings is 2. The summed E-state index contributed by atoms with van der Waals surface area (Å²) in [6, 6.07) is 11.2. The van der Waals surface area contributed by atoms with Gasteiger partial charge in [-0.2, -0.15) is 4.99 Å². The van der Waals surface area contributed by atoms with E-state index in [1.165, 1.54) is 34.1 Å². The van der Waals surface area contributed by atoms with Gasteiger partial charge in [0.1, 0.15) is 17.9 Å². The van der Waals surface area contributed by atoms with E-state index >= 15 is 0 Å². The van der Waals surface area contributed by atoms with E-state index in [9.17, 15) is 27.2 Å². The van der Waals surface area contributed by atoms with Crippen LogP contribution < -0.4 is 15.0 Å². The number of halogens is 4. The SMILES string of the molecule is CCCc1ccc(C)cc1N1C(=O)CS/C1=N\C(=O)Nc1ccc(-c2ncn(-c3ccc(OC(F)(F)F)cn3)n2)cc1F. The lowest BCUT2D eigenvalue weighted by Gasteiger charge is -2.20. The molecule has 1 fully saturated rings. The molecule has 2 aromatic carbocycles. The zero-order valence-electron chi connectivity index (χ0n) is 22.7. The first-order chi connectivity index (χ1) is 20.5. The summed E-state index contributed by atoms with van der Waals surface area (Å²) in [5.74, 6) is -1.11. The molecule has 222 valence electrons. The highest BCUT2D eigenvalue weighted by atomic mass is 32.2. The fourth-order valence-electron chi connectivity index (χ4n) is 4.24. The van der Waals surface area contributed by atoms with Crippen LogP contribution >= 0.6 is 11.8 Å². The number of pyridine rings is 1. The van der Waals surface area contributed by atoms with Gasteiger partial charge in [0.25, 0.3) is 0 Å². The van der Waals surface area contributed by atoms with Crippen molar-refractivity contribution in [2.45, 2.75) is 33.1 Å². The van der Waals surface area contributed by atoms with E-state index in [4.69, 9.17) is 0 Å². The highest BCUT2D eigenvalue weighted by Crippen LogP contribution is 2.32. The molecule has 1 saturated heterocycles. The molecule has 1 aliphatic heterocycles. The Balaban J connectivity index is 1.30. The molecular weight excluding hydrogens is 590 g/mol. The Kier molecular flexibility index (Phi) is 8.43. The third-order valence-corrected chi connectivity index (χ3v) is 7.04. The molecule has 0 unspecified atom stereocenters. The van der Waals surface area contributed by atoms with Gasteiger partial charge in [-0.25, -0.2) is 23.8 Å². The molecule has 3 heterocycles. The number of aryl methyl sites for hydroxylation is 2. The molecule has 2 aromatic heterocycles. The Bertz CT molecular complexity index is 1710. The highest BCUT2D eigenvalue weighted by molar-refractivity contribution is 8.15. The van der Waals surface area contributed by atoms with E-state index in [1.807, 2.05) is 32.0 Å². The van der Waals surface area contributed by atoms with Crippen molar-refractivity contribution >= 4 is 40.2 Å². The van der Waals surface area contributed by atoms with Crippen LogP contribution in [0, 0.1) is 12.7 Å². The first-order valence-electron chi connectivity index (χ1n) is 12.9. The smallest absolute Gasteiger partial charge is 0.404 e. The van der Waals surface area contributed by atoms with Crippen molar-refractivity contribution in [3.8, 4) is 23.0 Å². The molecule has 3 amide bonds. The number of ether oxygens (including phenoxy) is 1. The first kappa shape index (κ1) is 29.7. The normalized spacial score (nSPS) is 14.4. The van der Waals surface area contributed by atoms with Crippen LogP contribution in [0.1, 0.15) is 24.5 Å². The first-order valence-corrected chi connectivity index (χ1v) is 13.9. The molecule has 1 aliphatic rings. The number of nitrogens with zero attached hydrogens (tertiary/aromatic N) is 6. The van der Waals surface area contributed by atoms with Crippen molar-refractivity contribution in [1.82, 2.24) is 19.7 Å². The largest absolute Gasteiger partial charge is 0.573 e. The predicted molar refractivity (Wildman–Crippen MR) is 153 cm³/mol. The number of amidine groups is 1. The number of carbonyl (C=O) groups excluding carboxylic acids is 2. The van der Waals surface area contributed by atoms with Crippen molar-refractivity contribution in [2.24, 2.45) is 4.99 Å². The average molecular weight is 614 g/mol. The van der Waals surface area contributed by atoms with Crippen molar-refractivity contribution in [2.75, 3.05) is 16.0 Å². The molecule has 0 bridgehead atoms. The summed E-state index contributed by atoms with van der Waals surface area (Å²) in [7, 11) is 0. The standard InChI is InChI=1S/C28H23F4N7O3S/c1-3-4-17-6-5-16(2)11-22(17)39-24(40)14-43-27(39)36-26(41)35-21-9-7-18(12-20(21)29)25-34-15-38(37-25)23-10-8-19(13-33-23)42-28(30,31)32/h5-13,15H,3-4,14H2,1-2H3,(H,35,41)/b36-27-.